The molecule has 0 aromatic carbocycles. The van der Waals surface area contributed by atoms with Gasteiger partial charge in [-0.15, -0.1) is 0 Å². The van der Waals surface area contributed by atoms with Gasteiger partial charge in [-0.1, -0.05) is 46.3 Å². The zero-order valence-corrected chi connectivity index (χ0v) is 49.1. The zero-order chi connectivity index (χ0) is 61.2. The van der Waals surface area contributed by atoms with Gasteiger partial charge in [-0.25, -0.2) is 0 Å². The Kier molecular flexibility index (Phi) is 18.7. The minimum atomic E-state index is -1.86. The number of carbonyl (C=O) groups is 1. The quantitative estimate of drug-likeness (QED) is 0.0528. The number of hydrogen-bond donors (Lipinski definition) is 15. The average molecular weight is 1210 g/mol. The minimum Gasteiger partial charge on any atom is -0.432 e. The van der Waals surface area contributed by atoms with E-state index in [1.54, 1.807) is 6.92 Å². The number of aliphatic hydroxyl groups is 15. The smallest absolute Gasteiger partial charge is 0.315 e. The van der Waals surface area contributed by atoms with Crippen LogP contribution in [-0.2, 0) is 52.2 Å². The fourth-order valence-corrected chi connectivity index (χ4v) is 17.3. The number of ether oxygens (including phenoxy) is 10. The molecule has 84 heavy (non-hydrogen) atoms. The molecule has 0 bridgehead atoms. The summed E-state index contributed by atoms with van der Waals surface area (Å²) >= 11 is 0. The van der Waals surface area contributed by atoms with Crippen LogP contribution in [0.25, 0.3) is 0 Å². The number of carbonyl (C=O) groups excluding carboxylic acids is 1. The molecule has 0 amide bonds. The van der Waals surface area contributed by atoms with E-state index in [1.165, 1.54) is 13.8 Å². The van der Waals surface area contributed by atoms with Crippen LogP contribution >= 0.6 is 0 Å². The predicted molar refractivity (Wildman–Crippen MR) is 283 cm³/mol. The molecule has 5 aliphatic heterocycles. The lowest BCUT2D eigenvalue weighted by atomic mass is 9.37. The van der Waals surface area contributed by atoms with Gasteiger partial charge in [0.25, 0.3) is 0 Å². The lowest BCUT2D eigenvalue weighted by Crippen LogP contribution is -2.67. The average Bonchev–Trinajstić information content (AvgIpc) is 0.783. The summed E-state index contributed by atoms with van der Waals surface area (Å²) in [7, 11) is 0. The number of rotatable bonds is 12. The summed E-state index contributed by atoms with van der Waals surface area (Å²) in [4.78, 5) is 15.4. The van der Waals surface area contributed by atoms with E-state index < -0.39 is 200 Å². The van der Waals surface area contributed by atoms with Crippen LogP contribution in [0.1, 0.15) is 113 Å². The van der Waals surface area contributed by atoms with Gasteiger partial charge in [-0.2, -0.15) is 0 Å². The first kappa shape index (κ1) is 65.2. The monoisotopic (exact) mass is 1210 g/mol. The Morgan fingerprint density at radius 2 is 1.08 bits per heavy atom. The van der Waals surface area contributed by atoms with Crippen molar-refractivity contribution in [1.82, 2.24) is 0 Å². The van der Waals surface area contributed by atoms with Gasteiger partial charge in [-0.05, 0) is 118 Å². The summed E-state index contributed by atoms with van der Waals surface area (Å²) in [6, 6.07) is 0. The Hall–Kier alpha value is -1.75. The second-order valence-electron chi connectivity index (χ2n) is 27.6. The molecule has 9 fully saturated rings. The number of esters is 1. The Morgan fingerprint density at radius 3 is 1.68 bits per heavy atom. The van der Waals surface area contributed by atoms with Gasteiger partial charge in [0, 0.05) is 5.92 Å². The molecule has 0 aromatic rings. The van der Waals surface area contributed by atoms with Crippen LogP contribution in [0.5, 0.6) is 0 Å². The van der Waals surface area contributed by atoms with Crippen molar-refractivity contribution < 1.29 is 129 Å². The lowest BCUT2D eigenvalue weighted by molar-refractivity contribution is -0.388. The summed E-state index contributed by atoms with van der Waals surface area (Å²) < 4.78 is 61.1. The molecule has 0 aromatic heterocycles. The van der Waals surface area contributed by atoms with E-state index in [-0.39, 0.29) is 35.7 Å². The molecule has 10 rings (SSSR count). The van der Waals surface area contributed by atoms with Crippen LogP contribution in [0.15, 0.2) is 11.6 Å². The Morgan fingerprint density at radius 1 is 0.548 bits per heavy atom. The molecule has 5 unspecified atom stereocenters. The summed E-state index contributed by atoms with van der Waals surface area (Å²) in [6.45, 7) is 13.6. The van der Waals surface area contributed by atoms with E-state index in [9.17, 15) is 76.6 Å². The van der Waals surface area contributed by atoms with Gasteiger partial charge in [0.2, 0.25) is 6.29 Å². The standard InChI is InChI=1S/C58H94O26/c1-22-13-16-58(53(73)84-52-45(40(69)36(65)30(20-60)79-52)82-48-41(70)37(66)33(62)23(2)76-48)18-17-55(6)25-11-12-31-54(4,5)32(14-15-56(31,7)26(25)9-10-27(55)47(58)57(22,8)74)80-51-46(83-49-42(71)38(67)34(63)24(3)77-49)44(28(61)21-75-51)81-50-43(72)39(68)35(64)29(19-59)78-50/h10,22-26,28-52,59-72,74H,9,11-21H2,1-8H3/t22-,23-,24-,25?,26?,28+,29-,30-,31?,32?,33+,34+,35-,36-,37-,38-,39+,40+,41-,42-,43-,44-,45-,46-,47?,48+,49+,50+,51+,52+,55+,56-,57-,58+/m1/s1. The minimum absolute atomic E-state index is 0.0497. The first-order chi connectivity index (χ1) is 39.4. The van der Waals surface area contributed by atoms with Gasteiger partial charge in [-0.3, -0.25) is 4.79 Å². The second kappa shape index (κ2) is 24.1. The topological polar surface area (TPSA) is 413 Å². The van der Waals surface area contributed by atoms with E-state index in [4.69, 9.17) is 47.4 Å². The maximum absolute atomic E-state index is 15.4. The predicted octanol–water partition coefficient (Wildman–Crippen LogP) is -2.94. The molecular formula is C58H94O26. The van der Waals surface area contributed by atoms with Crippen LogP contribution in [0.4, 0.5) is 0 Å². The first-order valence-electron chi connectivity index (χ1n) is 30.3. The van der Waals surface area contributed by atoms with Gasteiger partial charge in [0.05, 0.1) is 49.1 Å². The second-order valence-corrected chi connectivity index (χ2v) is 27.6. The van der Waals surface area contributed by atoms with Gasteiger partial charge in [0.1, 0.15) is 97.7 Å². The van der Waals surface area contributed by atoms with Crippen molar-refractivity contribution in [2.45, 2.75) is 272 Å². The molecule has 4 saturated carbocycles. The molecule has 5 heterocycles. The highest BCUT2D eigenvalue weighted by molar-refractivity contribution is 5.79. The molecule has 26 nitrogen and oxygen atoms in total. The molecule has 5 saturated heterocycles. The SMILES string of the molecule is C[C@@H]1CC[C@]2(C(=O)O[C@@H]3O[C@H](CO)[C@@H](O)[C@H](O)[C@H]3O[C@@H]3O[C@H](C)[C@H](O)[C@@H](O)[C@H]3O)CC[C@]3(C)C(=CCC4C3CCC3C(C)(C)C(O[C@@H]5OC[C@H](O)[C@@H](O[C@@H]6O[C@H](CO)[C@@H](O)[C@H](O)[C@H]6O)[C@H]5O[C@@H]5O[C@H](C)[C@H](O)[C@@H](O)[C@H]5O)CC[C@]43C)C2[C@]1(C)O. The summed E-state index contributed by atoms with van der Waals surface area (Å²) in [5.41, 5.74) is -3.13. The van der Waals surface area contributed by atoms with Crippen molar-refractivity contribution in [1.29, 1.82) is 0 Å². The molecule has 10 aliphatic rings. The number of fused-ring (bicyclic) bond motifs is 7. The third-order valence-corrected chi connectivity index (χ3v) is 22.7. The van der Waals surface area contributed by atoms with Crippen molar-refractivity contribution >= 4 is 5.97 Å². The lowest BCUT2D eigenvalue weighted by Gasteiger charge is -2.68. The summed E-state index contributed by atoms with van der Waals surface area (Å²) in [6.07, 6.45) is -31.4. The highest BCUT2D eigenvalue weighted by atomic mass is 16.8. The molecule has 26 heteroatoms. The van der Waals surface area contributed by atoms with Crippen LogP contribution in [0, 0.1) is 51.2 Å². The van der Waals surface area contributed by atoms with Crippen LogP contribution < -0.4 is 0 Å². The Balaban J connectivity index is 0.903. The first-order valence-corrected chi connectivity index (χ1v) is 30.3. The van der Waals surface area contributed by atoms with E-state index >= 15 is 4.79 Å². The zero-order valence-electron chi connectivity index (χ0n) is 49.1. The maximum atomic E-state index is 15.4. The molecular weight excluding hydrogens is 1110 g/mol. The van der Waals surface area contributed by atoms with Crippen LogP contribution in [0.3, 0.4) is 0 Å². The molecule has 15 N–H and O–H groups in total. The molecule has 0 radical (unpaired) electrons. The highest BCUT2D eigenvalue weighted by Crippen LogP contribution is 2.72. The maximum Gasteiger partial charge on any atom is 0.315 e. The van der Waals surface area contributed by atoms with Crippen molar-refractivity contribution in [3.05, 3.63) is 11.6 Å². The van der Waals surface area contributed by atoms with Crippen molar-refractivity contribution in [3.8, 4) is 0 Å². The van der Waals surface area contributed by atoms with Crippen LogP contribution in [-0.4, -0.2) is 262 Å². The molecule has 5 aliphatic carbocycles. The van der Waals surface area contributed by atoms with E-state index in [1.807, 2.05) is 6.92 Å². The number of aliphatic hydroxyl groups excluding tert-OH is 14. The normalized spacial score (nSPS) is 55.8. The Labute approximate surface area is 488 Å². The van der Waals surface area contributed by atoms with Crippen molar-refractivity contribution in [3.63, 3.8) is 0 Å². The number of allylic oxidation sites excluding steroid dienone is 1. The van der Waals surface area contributed by atoms with Gasteiger partial charge in [0.15, 0.2) is 31.3 Å². The molecule has 0 spiro atoms. The Bertz CT molecular complexity index is 2330. The molecule has 482 valence electrons. The fraction of sp³-hybridized carbons (Fsp3) is 0.948. The van der Waals surface area contributed by atoms with Crippen LogP contribution in [0.2, 0.25) is 0 Å². The van der Waals surface area contributed by atoms with Gasteiger partial charge < -0.3 is 124 Å². The van der Waals surface area contributed by atoms with E-state index in [0.29, 0.717) is 44.9 Å². The summed E-state index contributed by atoms with van der Waals surface area (Å²) in [5.74, 6) is -1.44. The van der Waals surface area contributed by atoms with Crippen molar-refractivity contribution in [2.75, 3.05) is 19.8 Å². The largest absolute Gasteiger partial charge is 0.432 e. The van der Waals surface area contributed by atoms with E-state index in [2.05, 4.69) is 33.8 Å². The number of hydrogen-bond acceptors (Lipinski definition) is 26. The highest BCUT2D eigenvalue weighted by Gasteiger charge is 2.70. The molecule has 34 atom stereocenters. The van der Waals surface area contributed by atoms with Crippen molar-refractivity contribution in [2.24, 2.45) is 51.2 Å². The third kappa shape index (κ3) is 10.8. The van der Waals surface area contributed by atoms with E-state index in [0.717, 1.165) is 18.4 Å². The third-order valence-electron chi connectivity index (χ3n) is 22.7. The van der Waals surface area contributed by atoms with Gasteiger partial charge >= 0.3 is 5.97 Å². The summed E-state index contributed by atoms with van der Waals surface area (Å²) in [5, 5.41) is 164. The fourth-order valence-electron chi connectivity index (χ4n) is 17.3.